The number of carbonyl (C=O) groups excluding carboxylic acids is 1. The largest absolute Gasteiger partial charge is 0.469 e. The highest BCUT2D eigenvalue weighted by molar-refractivity contribution is 14.0. The Morgan fingerprint density at radius 1 is 1.20 bits per heavy atom. The van der Waals surface area contributed by atoms with E-state index >= 15 is 0 Å². The van der Waals surface area contributed by atoms with E-state index in [-0.39, 0.29) is 29.9 Å². The highest BCUT2D eigenvalue weighted by Crippen LogP contribution is 2.31. The Morgan fingerprint density at radius 2 is 1.90 bits per heavy atom. The molecule has 2 rings (SSSR count). The summed E-state index contributed by atoms with van der Waals surface area (Å²) in [5, 5.41) is 3.26. The van der Waals surface area contributed by atoms with E-state index in [2.05, 4.69) is 19.9 Å². The zero-order valence-electron chi connectivity index (χ0n) is 17.4. The molecule has 0 saturated carbocycles. The van der Waals surface area contributed by atoms with Crippen LogP contribution in [-0.4, -0.2) is 63.2 Å². The number of guanidine groups is 1. The Labute approximate surface area is 192 Å². The van der Waals surface area contributed by atoms with E-state index in [1.165, 1.54) is 19.2 Å². The molecule has 0 aliphatic carbocycles. The van der Waals surface area contributed by atoms with Crippen molar-refractivity contribution in [3.8, 4) is 0 Å². The summed E-state index contributed by atoms with van der Waals surface area (Å²) in [6.07, 6.45) is -2.44. The maximum Gasteiger partial charge on any atom is 0.416 e. The first-order valence-electron chi connectivity index (χ1n) is 9.87. The van der Waals surface area contributed by atoms with Gasteiger partial charge in [-0.15, -0.1) is 24.0 Å². The van der Waals surface area contributed by atoms with Crippen molar-refractivity contribution in [3.63, 3.8) is 0 Å². The molecule has 170 valence electrons. The van der Waals surface area contributed by atoms with Gasteiger partial charge in [0.25, 0.3) is 0 Å². The van der Waals surface area contributed by atoms with Gasteiger partial charge in [0, 0.05) is 51.4 Å². The second-order valence-corrected chi connectivity index (χ2v) is 6.79. The normalized spacial score (nSPS) is 14.9. The average molecular weight is 542 g/mol. The molecule has 6 nitrogen and oxygen atoms in total. The van der Waals surface area contributed by atoms with Crippen molar-refractivity contribution in [1.82, 2.24) is 10.2 Å². The van der Waals surface area contributed by atoms with Crippen LogP contribution in [0.5, 0.6) is 0 Å². The van der Waals surface area contributed by atoms with E-state index in [1.54, 1.807) is 6.07 Å². The molecular weight excluding hydrogens is 512 g/mol. The topological polar surface area (TPSA) is 57.2 Å². The Hall–Kier alpha value is -1.72. The number of alkyl halides is 3. The Morgan fingerprint density at radius 3 is 2.50 bits per heavy atom. The third kappa shape index (κ3) is 8.19. The van der Waals surface area contributed by atoms with Crippen LogP contribution < -0.4 is 10.2 Å². The maximum absolute atomic E-state index is 12.9. The quantitative estimate of drug-likeness (QED) is 0.187. The van der Waals surface area contributed by atoms with E-state index < -0.39 is 11.7 Å². The molecule has 1 N–H and O–H groups in total. The zero-order chi connectivity index (χ0) is 21.3. The van der Waals surface area contributed by atoms with Gasteiger partial charge in [0.1, 0.15) is 0 Å². The van der Waals surface area contributed by atoms with Gasteiger partial charge in [-0.2, -0.15) is 13.2 Å². The fourth-order valence-electron chi connectivity index (χ4n) is 3.15. The Bertz CT molecular complexity index is 693. The minimum atomic E-state index is -4.34. The predicted molar refractivity (Wildman–Crippen MR) is 122 cm³/mol. The van der Waals surface area contributed by atoms with Crippen molar-refractivity contribution in [2.45, 2.75) is 32.4 Å². The predicted octanol–water partition coefficient (Wildman–Crippen LogP) is 3.75. The molecule has 0 spiro atoms. The van der Waals surface area contributed by atoms with Crippen molar-refractivity contribution < 1.29 is 22.7 Å². The number of hydrogen-bond acceptors (Lipinski definition) is 4. The number of anilines is 1. The van der Waals surface area contributed by atoms with Gasteiger partial charge in [-0.1, -0.05) is 6.07 Å². The number of rotatable bonds is 7. The SMILES string of the molecule is CCNC(=NCCCCC(=O)OC)N1CCN(c2cccc(C(F)(F)F)c2)CC1.I. The molecule has 1 aliphatic rings. The summed E-state index contributed by atoms with van der Waals surface area (Å²) in [5.41, 5.74) is -0.0384. The Balaban J connectivity index is 0.00000450. The molecule has 1 saturated heterocycles. The number of halogens is 4. The van der Waals surface area contributed by atoms with Gasteiger partial charge >= 0.3 is 12.1 Å². The molecule has 0 radical (unpaired) electrons. The number of nitrogens with one attached hydrogen (secondary N) is 1. The molecule has 0 atom stereocenters. The maximum atomic E-state index is 12.9. The third-order valence-corrected chi connectivity index (χ3v) is 4.73. The highest BCUT2D eigenvalue weighted by Gasteiger charge is 2.31. The van der Waals surface area contributed by atoms with Crippen LogP contribution in [0.3, 0.4) is 0 Å². The van der Waals surface area contributed by atoms with Gasteiger partial charge < -0.3 is 19.9 Å². The van der Waals surface area contributed by atoms with Crippen molar-refractivity contribution in [2.24, 2.45) is 4.99 Å². The van der Waals surface area contributed by atoms with E-state index in [9.17, 15) is 18.0 Å². The van der Waals surface area contributed by atoms with Gasteiger partial charge in [-0.3, -0.25) is 9.79 Å². The van der Waals surface area contributed by atoms with Gasteiger partial charge in [-0.05, 0) is 38.0 Å². The number of carbonyl (C=O) groups is 1. The Kier molecular flexibility index (Phi) is 11.3. The number of nitrogens with zero attached hydrogens (tertiary/aromatic N) is 3. The number of benzene rings is 1. The molecule has 0 bridgehead atoms. The summed E-state index contributed by atoms with van der Waals surface area (Å²) in [4.78, 5) is 19.8. The van der Waals surface area contributed by atoms with Gasteiger partial charge in [0.2, 0.25) is 0 Å². The fraction of sp³-hybridized carbons (Fsp3) is 0.600. The number of piperazine rings is 1. The molecule has 0 aromatic heterocycles. The average Bonchev–Trinajstić information content (AvgIpc) is 2.72. The van der Waals surface area contributed by atoms with Crippen LogP contribution in [0.4, 0.5) is 18.9 Å². The molecule has 1 aliphatic heterocycles. The van der Waals surface area contributed by atoms with Crippen LogP contribution in [0.15, 0.2) is 29.3 Å². The molecular formula is C20H30F3IN4O2. The van der Waals surface area contributed by atoms with Crippen molar-refractivity contribution in [1.29, 1.82) is 0 Å². The van der Waals surface area contributed by atoms with Crippen molar-refractivity contribution in [2.75, 3.05) is 51.3 Å². The zero-order valence-corrected chi connectivity index (χ0v) is 19.7. The number of methoxy groups -OCH3 is 1. The highest BCUT2D eigenvalue weighted by atomic mass is 127. The summed E-state index contributed by atoms with van der Waals surface area (Å²) in [6.45, 7) is 5.91. The number of esters is 1. The van der Waals surface area contributed by atoms with Crippen LogP contribution in [0, 0.1) is 0 Å². The smallest absolute Gasteiger partial charge is 0.416 e. The van der Waals surface area contributed by atoms with E-state index in [0.29, 0.717) is 44.8 Å². The van der Waals surface area contributed by atoms with Crippen molar-refractivity contribution in [3.05, 3.63) is 29.8 Å². The minimum Gasteiger partial charge on any atom is -0.469 e. The van der Waals surface area contributed by atoms with Gasteiger partial charge in [0.05, 0.1) is 12.7 Å². The number of aliphatic imine (C=N–C) groups is 1. The summed E-state index contributed by atoms with van der Waals surface area (Å²) >= 11 is 0. The van der Waals surface area contributed by atoms with Crippen LogP contribution in [-0.2, 0) is 15.7 Å². The molecule has 1 heterocycles. The van der Waals surface area contributed by atoms with Crippen LogP contribution in [0.25, 0.3) is 0 Å². The molecule has 0 amide bonds. The first kappa shape index (κ1) is 26.3. The van der Waals surface area contributed by atoms with E-state index in [4.69, 9.17) is 0 Å². The lowest BCUT2D eigenvalue weighted by Crippen LogP contribution is -2.52. The summed E-state index contributed by atoms with van der Waals surface area (Å²) < 4.78 is 43.5. The molecule has 30 heavy (non-hydrogen) atoms. The van der Waals surface area contributed by atoms with Crippen LogP contribution in [0.2, 0.25) is 0 Å². The molecule has 0 unspecified atom stereocenters. The minimum absolute atomic E-state index is 0. The standard InChI is InChI=1S/C20H29F3N4O2.HI/c1-3-24-19(25-10-5-4-9-18(28)29-2)27-13-11-26(12-14-27)17-8-6-7-16(15-17)20(21,22)23;/h6-8,15H,3-5,9-14H2,1-2H3,(H,24,25);1H. The summed E-state index contributed by atoms with van der Waals surface area (Å²) in [6, 6.07) is 5.46. The second-order valence-electron chi connectivity index (χ2n) is 6.79. The lowest BCUT2D eigenvalue weighted by molar-refractivity contribution is -0.140. The van der Waals surface area contributed by atoms with Gasteiger partial charge in [0.15, 0.2) is 5.96 Å². The fourth-order valence-corrected chi connectivity index (χ4v) is 3.15. The first-order chi connectivity index (χ1) is 13.8. The van der Waals surface area contributed by atoms with Crippen LogP contribution >= 0.6 is 24.0 Å². The van der Waals surface area contributed by atoms with E-state index in [0.717, 1.165) is 31.4 Å². The lowest BCUT2D eigenvalue weighted by atomic mass is 10.1. The summed E-state index contributed by atoms with van der Waals surface area (Å²) in [7, 11) is 1.38. The lowest BCUT2D eigenvalue weighted by Gasteiger charge is -2.38. The molecule has 1 aromatic carbocycles. The van der Waals surface area contributed by atoms with Gasteiger partial charge in [-0.25, -0.2) is 0 Å². The number of ether oxygens (including phenoxy) is 1. The summed E-state index contributed by atoms with van der Waals surface area (Å²) in [5.74, 6) is 0.584. The molecule has 1 aromatic rings. The van der Waals surface area contributed by atoms with Crippen molar-refractivity contribution >= 4 is 41.6 Å². The monoisotopic (exact) mass is 542 g/mol. The third-order valence-electron chi connectivity index (χ3n) is 4.73. The van der Waals surface area contributed by atoms with Crippen LogP contribution in [0.1, 0.15) is 31.7 Å². The first-order valence-corrected chi connectivity index (χ1v) is 9.87. The number of unbranched alkanes of at least 4 members (excludes halogenated alkanes) is 1. The molecule has 1 fully saturated rings. The number of hydrogen-bond donors (Lipinski definition) is 1. The molecule has 10 heteroatoms. The van der Waals surface area contributed by atoms with E-state index in [1.807, 2.05) is 11.8 Å². The second kappa shape index (κ2) is 12.9.